The highest BCUT2D eigenvalue weighted by molar-refractivity contribution is 5.34. The van der Waals surface area contributed by atoms with E-state index in [0.29, 0.717) is 12.6 Å². The summed E-state index contributed by atoms with van der Waals surface area (Å²) < 4.78 is 19.5. The van der Waals surface area contributed by atoms with Crippen LogP contribution in [0.3, 0.4) is 0 Å². The van der Waals surface area contributed by atoms with Gasteiger partial charge >= 0.3 is 5.69 Å². The number of nitro groups is 1. The van der Waals surface area contributed by atoms with Crippen molar-refractivity contribution in [2.24, 2.45) is 0 Å². The number of nitro benzene ring substituents is 1. The Morgan fingerprint density at radius 3 is 2.91 bits per heavy atom. The predicted octanol–water partition coefficient (Wildman–Crippen LogP) is 3.52. The first-order valence-corrected chi connectivity index (χ1v) is 7.87. The number of hydrogen-bond acceptors (Lipinski definition) is 4. The van der Waals surface area contributed by atoms with Crippen LogP contribution in [0.2, 0.25) is 0 Å². The summed E-state index contributed by atoms with van der Waals surface area (Å²) in [6, 6.07) is 4.15. The van der Waals surface area contributed by atoms with Crippen LogP contribution >= 0.6 is 0 Å². The molecule has 1 aliphatic rings. The van der Waals surface area contributed by atoms with Gasteiger partial charge in [0.1, 0.15) is 0 Å². The summed E-state index contributed by atoms with van der Waals surface area (Å²) in [5.74, 6) is -0.763. The van der Waals surface area contributed by atoms with Crippen LogP contribution in [-0.2, 0) is 11.3 Å². The van der Waals surface area contributed by atoms with Gasteiger partial charge in [-0.1, -0.05) is 13.0 Å². The molecule has 1 aromatic carbocycles. The van der Waals surface area contributed by atoms with Crippen LogP contribution in [0.1, 0.15) is 38.2 Å². The van der Waals surface area contributed by atoms with E-state index in [1.807, 2.05) is 0 Å². The van der Waals surface area contributed by atoms with E-state index in [1.54, 1.807) is 6.07 Å². The quantitative estimate of drug-likeness (QED) is 0.596. The van der Waals surface area contributed by atoms with E-state index in [4.69, 9.17) is 4.74 Å². The van der Waals surface area contributed by atoms with Gasteiger partial charge in [-0.15, -0.1) is 0 Å². The van der Waals surface area contributed by atoms with Gasteiger partial charge in [-0.2, -0.15) is 4.39 Å². The van der Waals surface area contributed by atoms with Gasteiger partial charge in [0, 0.05) is 25.8 Å². The van der Waals surface area contributed by atoms with Gasteiger partial charge in [-0.05, 0) is 43.9 Å². The van der Waals surface area contributed by atoms with Crippen molar-refractivity contribution in [2.45, 2.75) is 45.3 Å². The fraction of sp³-hybridized carbons (Fsp3) is 0.625. The largest absolute Gasteiger partial charge is 0.378 e. The van der Waals surface area contributed by atoms with E-state index < -0.39 is 16.4 Å². The normalized spacial score (nSPS) is 19.8. The molecule has 122 valence electrons. The second kappa shape index (κ2) is 8.19. The molecular formula is C16H23FN2O3. The molecular weight excluding hydrogens is 287 g/mol. The zero-order valence-corrected chi connectivity index (χ0v) is 13.0. The van der Waals surface area contributed by atoms with Crippen LogP contribution in [0.4, 0.5) is 10.1 Å². The maximum atomic E-state index is 13.7. The first-order valence-electron chi connectivity index (χ1n) is 7.87. The molecule has 1 unspecified atom stereocenters. The smallest absolute Gasteiger partial charge is 0.304 e. The third-order valence-electron chi connectivity index (χ3n) is 3.94. The monoisotopic (exact) mass is 310 g/mol. The van der Waals surface area contributed by atoms with Gasteiger partial charge < -0.3 is 4.74 Å². The van der Waals surface area contributed by atoms with Crippen LogP contribution in [0.15, 0.2) is 18.2 Å². The molecule has 1 atom stereocenters. The zero-order chi connectivity index (χ0) is 15.9. The van der Waals surface area contributed by atoms with Crippen molar-refractivity contribution in [3.63, 3.8) is 0 Å². The zero-order valence-electron chi connectivity index (χ0n) is 13.0. The van der Waals surface area contributed by atoms with Crippen LogP contribution in [0.5, 0.6) is 0 Å². The van der Waals surface area contributed by atoms with Crippen LogP contribution in [0, 0.1) is 15.9 Å². The fourth-order valence-electron chi connectivity index (χ4n) is 2.79. The number of halogens is 1. The molecule has 0 amide bonds. The molecule has 1 fully saturated rings. The molecule has 0 aromatic heterocycles. The highest BCUT2D eigenvalue weighted by Gasteiger charge is 2.19. The third-order valence-corrected chi connectivity index (χ3v) is 3.94. The van der Waals surface area contributed by atoms with E-state index in [-0.39, 0.29) is 0 Å². The minimum atomic E-state index is -0.763. The summed E-state index contributed by atoms with van der Waals surface area (Å²) in [6.45, 7) is 5.39. The minimum absolute atomic E-state index is 0.318. The Hall–Kier alpha value is -1.53. The van der Waals surface area contributed by atoms with Gasteiger partial charge in [0.25, 0.3) is 0 Å². The van der Waals surface area contributed by atoms with Crippen molar-refractivity contribution in [2.75, 3.05) is 19.7 Å². The Morgan fingerprint density at radius 2 is 2.23 bits per heavy atom. The molecule has 6 heteroatoms. The van der Waals surface area contributed by atoms with E-state index in [9.17, 15) is 14.5 Å². The lowest BCUT2D eigenvalue weighted by Crippen LogP contribution is -2.25. The summed E-state index contributed by atoms with van der Waals surface area (Å²) >= 11 is 0. The molecule has 5 nitrogen and oxygen atoms in total. The summed E-state index contributed by atoms with van der Waals surface area (Å²) in [5.41, 5.74) is 0.309. The second-order valence-corrected chi connectivity index (χ2v) is 5.74. The van der Waals surface area contributed by atoms with Crippen molar-refractivity contribution >= 4 is 5.69 Å². The standard InChI is InChI=1S/C16H23FN2O3/c1-2-10-22-14-4-3-8-18(9-7-14)12-13-5-6-16(19(20)21)15(17)11-13/h5-6,11,14H,2-4,7-10,12H2,1H3. The average molecular weight is 310 g/mol. The van der Waals surface area contributed by atoms with Crippen LogP contribution in [-0.4, -0.2) is 35.6 Å². The van der Waals surface area contributed by atoms with E-state index in [0.717, 1.165) is 50.9 Å². The Balaban J connectivity index is 1.91. The summed E-state index contributed by atoms with van der Waals surface area (Å²) in [5, 5.41) is 10.6. The molecule has 1 heterocycles. The minimum Gasteiger partial charge on any atom is -0.378 e. The molecule has 1 aliphatic heterocycles. The average Bonchev–Trinajstić information content (AvgIpc) is 2.70. The second-order valence-electron chi connectivity index (χ2n) is 5.74. The molecule has 0 spiro atoms. The lowest BCUT2D eigenvalue weighted by atomic mass is 10.1. The molecule has 1 aromatic rings. The lowest BCUT2D eigenvalue weighted by Gasteiger charge is -2.20. The number of benzene rings is 1. The Bertz CT molecular complexity index is 510. The molecule has 1 saturated heterocycles. The molecule has 0 radical (unpaired) electrons. The lowest BCUT2D eigenvalue weighted by molar-refractivity contribution is -0.387. The SMILES string of the molecule is CCCOC1CCCN(Cc2ccc([N+](=O)[O-])c(F)c2)CC1. The van der Waals surface area contributed by atoms with Crippen molar-refractivity contribution in [3.05, 3.63) is 39.7 Å². The van der Waals surface area contributed by atoms with Crippen molar-refractivity contribution in [1.29, 1.82) is 0 Å². The fourth-order valence-corrected chi connectivity index (χ4v) is 2.79. The highest BCUT2D eigenvalue weighted by atomic mass is 19.1. The summed E-state index contributed by atoms with van der Waals surface area (Å²) in [7, 11) is 0. The van der Waals surface area contributed by atoms with Crippen molar-refractivity contribution in [3.8, 4) is 0 Å². The van der Waals surface area contributed by atoms with Gasteiger partial charge in [-0.3, -0.25) is 15.0 Å². The number of ether oxygens (including phenoxy) is 1. The van der Waals surface area contributed by atoms with Gasteiger partial charge in [0.05, 0.1) is 11.0 Å². The Kier molecular flexibility index (Phi) is 6.27. The molecule has 0 aliphatic carbocycles. The molecule has 22 heavy (non-hydrogen) atoms. The number of hydrogen-bond donors (Lipinski definition) is 0. The maximum absolute atomic E-state index is 13.7. The highest BCUT2D eigenvalue weighted by Crippen LogP contribution is 2.21. The summed E-state index contributed by atoms with van der Waals surface area (Å²) in [6.07, 6.45) is 4.45. The van der Waals surface area contributed by atoms with Crippen molar-refractivity contribution in [1.82, 2.24) is 4.90 Å². The molecule has 0 saturated carbocycles. The first-order chi connectivity index (χ1) is 10.6. The summed E-state index contributed by atoms with van der Waals surface area (Å²) in [4.78, 5) is 12.2. The maximum Gasteiger partial charge on any atom is 0.304 e. The first kappa shape index (κ1) is 16.8. The van der Waals surface area contributed by atoms with Crippen molar-refractivity contribution < 1.29 is 14.1 Å². The molecule has 2 rings (SSSR count). The van der Waals surface area contributed by atoms with Crippen LogP contribution < -0.4 is 0 Å². The van der Waals surface area contributed by atoms with Gasteiger partial charge in [0.15, 0.2) is 0 Å². The number of rotatable bonds is 6. The topological polar surface area (TPSA) is 55.6 Å². The van der Waals surface area contributed by atoms with E-state index in [2.05, 4.69) is 11.8 Å². The predicted molar refractivity (Wildman–Crippen MR) is 82.2 cm³/mol. The Morgan fingerprint density at radius 1 is 1.41 bits per heavy atom. The van der Waals surface area contributed by atoms with E-state index in [1.165, 1.54) is 12.1 Å². The van der Waals surface area contributed by atoms with Crippen LogP contribution in [0.25, 0.3) is 0 Å². The number of likely N-dealkylation sites (tertiary alicyclic amines) is 1. The van der Waals surface area contributed by atoms with Gasteiger partial charge in [-0.25, -0.2) is 0 Å². The van der Waals surface area contributed by atoms with E-state index >= 15 is 0 Å². The Labute approximate surface area is 130 Å². The molecule has 0 N–H and O–H groups in total. The third kappa shape index (κ3) is 4.74. The number of nitrogens with zero attached hydrogens (tertiary/aromatic N) is 2. The molecule has 0 bridgehead atoms. The van der Waals surface area contributed by atoms with Gasteiger partial charge in [0.2, 0.25) is 5.82 Å².